The normalized spacial score (nSPS) is 13.6. The Morgan fingerprint density at radius 3 is 2.16 bits per heavy atom. The van der Waals surface area contributed by atoms with Crippen LogP contribution in [0.5, 0.6) is 0 Å². The standard InChI is InChI=1S/C11H21N3O5/c12-6-2-1-3-8(11(18)19)14-9(15)5-4-7(13)10(16)17/h7-8H,1-6,12-13H2,(H,14,15)(H,16,17)(H,18,19)/t7-,8?/m0/s1. The van der Waals surface area contributed by atoms with Crippen LogP contribution < -0.4 is 16.8 Å². The average molecular weight is 275 g/mol. The molecule has 7 N–H and O–H groups in total. The van der Waals surface area contributed by atoms with E-state index >= 15 is 0 Å². The van der Waals surface area contributed by atoms with Crippen molar-refractivity contribution in [3.05, 3.63) is 0 Å². The maximum Gasteiger partial charge on any atom is 0.326 e. The minimum Gasteiger partial charge on any atom is -0.480 e. The molecule has 19 heavy (non-hydrogen) atoms. The lowest BCUT2D eigenvalue weighted by Crippen LogP contribution is -2.41. The molecule has 0 aliphatic rings. The topological polar surface area (TPSA) is 156 Å². The first kappa shape index (κ1) is 17.3. The van der Waals surface area contributed by atoms with E-state index in [9.17, 15) is 14.4 Å². The van der Waals surface area contributed by atoms with Crippen molar-refractivity contribution >= 4 is 17.8 Å². The van der Waals surface area contributed by atoms with Crippen LogP contribution in [-0.2, 0) is 14.4 Å². The Kier molecular flexibility index (Phi) is 8.47. The zero-order chi connectivity index (χ0) is 14.8. The summed E-state index contributed by atoms with van der Waals surface area (Å²) in [6.07, 6.45) is 1.43. The lowest BCUT2D eigenvalue weighted by Gasteiger charge is -2.14. The molecule has 0 radical (unpaired) electrons. The molecule has 0 aromatic rings. The molecular weight excluding hydrogens is 254 g/mol. The highest BCUT2D eigenvalue weighted by molar-refractivity contribution is 5.84. The Hall–Kier alpha value is -1.67. The lowest BCUT2D eigenvalue weighted by molar-refractivity contribution is -0.142. The Morgan fingerprint density at radius 2 is 1.68 bits per heavy atom. The minimum atomic E-state index is -1.19. The van der Waals surface area contributed by atoms with E-state index in [2.05, 4.69) is 5.32 Å². The second kappa shape index (κ2) is 9.29. The Bertz CT molecular complexity index is 321. The minimum absolute atomic E-state index is 0.0314. The van der Waals surface area contributed by atoms with E-state index in [1.54, 1.807) is 0 Å². The van der Waals surface area contributed by atoms with Gasteiger partial charge in [-0.15, -0.1) is 0 Å². The molecule has 110 valence electrons. The molecule has 8 heteroatoms. The van der Waals surface area contributed by atoms with Crippen LogP contribution in [0.4, 0.5) is 0 Å². The smallest absolute Gasteiger partial charge is 0.326 e. The fourth-order valence-electron chi connectivity index (χ4n) is 1.43. The number of carboxylic acids is 2. The van der Waals surface area contributed by atoms with Gasteiger partial charge in [0.25, 0.3) is 0 Å². The summed E-state index contributed by atoms with van der Waals surface area (Å²) in [6, 6.07) is -2.09. The second-order valence-electron chi connectivity index (χ2n) is 4.23. The monoisotopic (exact) mass is 275 g/mol. The molecule has 0 saturated carbocycles. The zero-order valence-electron chi connectivity index (χ0n) is 10.7. The Labute approximate surface area is 111 Å². The van der Waals surface area contributed by atoms with Crippen molar-refractivity contribution in [3.63, 3.8) is 0 Å². The van der Waals surface area contributed by atoms with Crippen LogP contribution in [0.2, 0.25) is 0 Å². The lowest BCUT2D eigenvalue weighted by atomic mass is 10.1. The van der Waals surface area contributed by atoms with Gasteiger partial charge >= 0.3 is 11.9 Å². The molecule has 1 unspecified atom stereocenters. The molecule has 0 spiro atoms. The van der Waals surface area contributed by atoms with Gasteiger partial charge < -0.3 is 27.0 Å². The fourth-order valence-corrected chi connectivity index (χ4v) is 1.43. The molecule has 0 aliphatic carbocycles. The number of nitrogens with two attached hydrogens (primary N) is 2. The summed E-state index contributed by atoms with van der Waals surface area (Å²) in [5.41, 5.74) is 10.5. The van der Waals surface area contributed by atoms with Crippen molar-refractivity contribution in [3.8, 4) is 0 Å². The maximum absolute atomic E-state index is 11.5. The molecular formula is C11H21N3O5. The number of carboxylic acid groups (broad SMARTS) is 2. The highest BCUT2D eigenvalue weighted by Gasteiger charge is 2.20. The van der Waals surface area contributed by atoms with Crippen molar-refractivity contribution in [2.45, 2.75) is 44.2 Å². The van der Waals surface area contributed by atoms with E-state index in [1.165, 1.54) is 0 Å². The number of carbonyl (C=O) groups is 3. The second-order valence-corrected chi connectivity index (χ2v) is 4.23. The van der Waals surface area contributed by atoms with Gasteiger partial charge in [0, 0.05) is 6.42 Å². The van der Waals surface area contributed by atoms with E-state index in [-0.39, 0.29) is 12.8 Å². The number of hydrogen-bond donors (Lipinski definition) is 5. The summed E-state index contributed by atoms with van der Waals surface area (Å²) >= 11 is 0. The van der Waals surface area contributed by atoms with Crippen LogP contribution in [0.15, 0.2) is 0 Å². The molecule has 0 bridgehead atoms. The van der Waals surface area contributed by atoms with Crippen LogP contribution in [0, 0.1) is 0 Å². The van der Waals surface area contributed by atoms with Crippen molar-refractivity contribution in [1.29, 1.82) is 0 Å². The highest BCUT2D eigenvalue weighted by Crippen LogP contribution is 2.02. The molecule has 0 aliphatic heterocycles. The molecule has 0 heterocycles. The molecule has 0 fully saturated rings. The van der Waals surface area contributed by atoms with Gasteiger partial charge in [-0.3, -0.25) is 9.59 Å². The first-order valence-electron chi connectivity index (χ1n) is 6.09. The van der Waals surface area contributed by atoms with Gasteiger partial charge in [0.05, 0.1) is 0 Å². The van der Waals surface area contributed by atoms with Crippen molar-refractivity contribution in [2.24, 2.45) is 11.5 Å². The molecule has 0 aromatic carbocycles. The van der Waals surface area contributed by atoms with E-state index in [0.29, 0.717) is 25.8 Å². The van der Waals surface area contributed by atoms with Crippen LogP contribution in [0.1, 0.15) is 32.1 Å². The van der Waals surface area contributed by atoms with Gasteiger partial charge in [-0.2, -0.15) is 0 Å². The summed E-state index contributed by atoms with van der Waals surface area (Å²) in [5.74, 6) is -2.82. The van der Waals surface area contributed by atoms with Gasteiger partial charge in [0.2, 0.25) is 5.91 Å². The van der Waals surface area contributed by atoms with E-state index in [4.69, 9.17) is 21.7 Å². The Balaban J connectivity index is 4.09. The molecule has 0 aromatic heterocycles. The molecule has 0 rings (SSSR count). The van der Waals surface area contributed by atoms with Crippen molar-refractivity contribution in [1.82, 2.24) is 5.32 Å². The first-order valence-corrected chi connectivity index (χ1v) is 6.09. The number of nitrogens with one attached hydrogen (secondary N) is 1. The first-order chi connectivity index (χ1) is 8.88. The molecule has 8 nitrogen and oxygen atoms in total. The highest BCUT2D eigenvalue weighted by atomic mass is 16.4. The summed E-state index contributed by atoms with van der Waals surface area (Å²) < 4.78 is 0. The molecule has 0 saturated heterocycles. The molecule has 2 atom stereocenters. The van der Waals surface area contributed by atoms with Gasteiger partial charge in [0.15, 0.2) is 0 Å². The quantitative estimate of drug-likeness (QED) is 0.316. The van der Waals surface area contributed by atoms with E-state index in [1.807, 2.05) is 0 Å². The predicted molar refractivity (Wildman–Crippen MR) is 67.3 cm³/mol. The Morgan fingerprint density at radius 1 is 1.05 bits per heavy atom. The summed E-state index contributed by atoms with van der Waals surface area (Å²) in [6.45, 7) is 0.466. The van der Waals surface area contributed by atoms with Crippen LogP contribution in [-0.4, -0.2) is 46.7 Å². The number of hydrogen-bond acceptors (Lipinski definition) is 5. The summed E-state index contributed by atoms with van der Waals surface area (Å²) in [4.78, 5) is 32.8. The number of rotatable bonds is 10. The molecule has 1 amide bonds. The van der Waals surface area contributed by atoms with Gasteiger partial charge in [-0.25, -0.2) is 4.79 Å². The SMILES string of the molecule is NCCCCC(NC(=O)CC[C@H](N)C(=O)O)C(=O)O. The van der Waals surface area contributed by atoms with Crippen LogP contribution >= 0.6 is 0 Å². The van der Waals surface area contributed by atoms with Crippen molar-refractivity contribution < 1.29 is 24.6 Å². The van der Waals surface area contributed by atoms with E-state index in [0.717, 1.165) is 0 Å². The third-order valence-electron chi connectivity index (χ3n) is 2.58. The maximum atomic E-state index is 11.5. The van der Waals surface area contributed by atoms with Gasteiger partial charge in [-0.05, 0) is 32.2 Å². The fraction of sp³-hybridized carbons (Fsp3) is 0.727. The number of unbranched alkanes of at least 4 members (excludes halogenated alkanes) is 1. The van der Waals surface area contributed by atoms with Crippen LogP contribution in [0.3, 0.4) is 0 Å². The van der Waals surface area contributed by atoms with Gasteiger partial charge in [0.1, 0.15) is 12.1 Å². The summed E-state index contributed by atoms with van der Waals surface area (Å²) in [7, 11) is 0. The third-order valence-corrected chi connectivity index (χ3v) is 2.58. The number of carbonyl (C=O) groups excluding carboxylic acids is 1. The van der Waals surface area contributed by atoms with Crippen LogP contribution in [0.25, 0.3) is 0 Å². The van der Waals surface area contributed by atoms with E-state index < -0.39 is 29.9 Å². The average Bonchev–Trinajstić information content (AvgIpc) is 2.34. The summed E-state index contributed by atoms with van der Waals surface area (Å²) in [5, 5.41) is 19.8. The largest absolute Gasteiger partial charge is 0.480 e. The van der Waals surface area contributed by atoms with Gasteiger partial charge in [-0.1, -0.05) is 0 Å². The number of amides is 1. The number of aliphatic carboxylic acids is 2. The third kappa shape index (κ3) is 8.11. The zero-order valence-corrected chi connectivity index (χ0v) is 10.7. The van der Waals surface area contributed by atoms with Crippen molar-refractivity contribution in [2.75, 3.05) is 6.54 Å². The predicted octanol–water partition coefficient (Wildman–Crippen LogP) is -1.12.